The Balaban J connectivity index is 0.000000139. The van der Waals surface area contributed by atoms with Gasteiger partial charge in [-0.15, -0.1) is 0 Å². The monoisotopic (exact) mass is 840 g/mol. The van der Waals surface area contributed by atoms with Gasteiger partial charge in [0.05, 0.1) is 38.8 Å². The second kappa shape index (κ2) is 13.6. The molecule has 0 radical (unpaired) electrons. The Morgan fingerprint density at radius 1 is 0.431 bits per heavy atom. The molecular formula is C61H46N4. The Kier molecular flexibility index (Phi) is 6.68. The molecular weight excluding hydrogens is 789 g/mol. The Bertz CT molecular complexity index is 4210. The minimum Gasteiger partial charge on any atom is -0.308 e. The van der Waals surface area contributed by atoms with E-state index in [1.165, 1.54) is 16.2 Å². The molecule has 2 aliphatic rings. The summed E-state index contributed by atoms with van der Waals surface area (Å²) in [4.78, 5) is 9.60. The number of hydrogen-bond acceptors (Lipinski definition) is 2. The lowest BCUT2D eigenvalue weighted by molar-refractivity contribution is 0.661. The van der Waals surface area contributed by atoms with E-state index in [-0.39, 0.29) is 0 Å². The molecule has 0 amide bonds. The first-order valence-corrected chi connectivity index (χ1v) is 22.2. The zero-order chi connectivity index (χ0) is 48.8. The first-order valence-electron chi connectivity index (χ1n) is 25.2. The van der Waals surface area contributed by atoms with E-state index in [0.717, 1.165) is 111 Å². The fraction of sp³-hybridized carbons (Fsp3) is 0.115. The van der Waals surface area contributed by atoms with Gasteiger partial charge in [-0.1, -0.05) is 143 Å². The Morgan fingerprint density at radius 3 is 1.74 bits per heavy atom. The molecule has 8 aromatic carbocycles. The average Bonchev–Trinajstić information content (AvgIpc) is 4.04. The summed E-state index contributed by atoms with van der Waals surface area (Å²) in [7, 11) is 0. The molecule has 4 aromatic heterocycles. The van der Waals surface area contributed by atoms with Gasteiger partial charge in [-0.05, 0) is 134 Å². The Labute approximate surface area is 386 Å². The Morgan fingerprint density at radius 2 is 1.03 bits per heavy atom. The summed E-state index contributed by atoms with van der Waals surface area (Å²) in [5, 5.41) is 6.64. The van der Waals surface area contributed by atoms with Crippen LogP contribution in [0.1, 0.15) is 63.6 Å². The number of aryl methyl sites for hydroxylation is 1. The first kappa shape index (κ1) is 31.9. The van der Waals surface area contributed by atoms with E-state index in [0.29, 0.717) is 0 Å². The van der Waals surface area contributed by atoms with Gasteiger partial charge in [0, 0.05) is 53.3 Å². The van der Waals surface area contributed by atoms with E-state index in [1.54, 1.807) is 6.20 Å². The standard InChI is InChI=1S/C31H24N2.C30H22N2/c1-19-15-29-30(32-18-19)24-16-26-23(22-12-6-7-13-25(22)31(26,2)3)17-28(24)33(29)27-14-8-10-20-9-4-5-11-21(20)27;1-30(2)25-11-6-5-10-22(25)23-18-28-24(17-26(23)30)29-27(12-7-15-31-29)32(28)21-14-13-19-8-3-4-9-20(19)16-21/h4-18H,1-3H3;3-18H,1-2H3/i2D3;1D3. The number of hydrogen-bond donors (Lipinski definition) is 0. The second-order valence-corrected chi connectivity index (χ2v) is 18.1. The number of aromatic nitrogens is 4. The molecule has 0 saturated heterocycles. The van der Waals surface area contributed by atoms with Crippen molar-refractivity contribution < 1.29 is 8.22 Å². The average molecular weight is 841 g/mol. The number of benzene rings is 8. The van der Waals surface area contributed by atoms with Crippen LogP contribution in [0, 0.1) is 6.92 Å². The number of rotatable bonds is 2. The molecule has 2 aliphatic carbocycles. The van der Waals surface area contributed by atoms with Crippen LogP contribution in [0.3, 0.4) is 0 Å². The van der Waals surface area contributed by atoms with Gasteiger partial charge in [0.2, 0.25) is 0 Å². The van der Waals surface area contributed by atoms with Crippen molar-refractivity contribution in [2.45, 2.75) is 45.3 Å². The van der Waals surface area contributed by atoms with Crippen molar-refractivity contribution in [3.63, 3.8) is 0 Å². The largest absolute Gasteiger partial charge is 0.308 e. The highest BCUT2D eigenvalue weighted by Crippen LogP contribution is 2.52. The highest BCUT2D eigenvalue weighted by Gasteiger charge is 2.37. The van der Waals surface area contributed by atoms with Crippen LogP contribution in [0.5, 0.6) is 0 Å². The minimum absolute atomic E-state index is 0.842. The van der Waals surface area contributed by atoms with Gasteiger partial charge in [-0.2, -0.15) is 0 Å². The first-order chi connectivity index (χ1) is 34.2. The predicted octanol–water partition coefficient (Wildman–Crippen LogP) is 15.6. The lowest BCUT2D eigenvalue weighted by Crippen LogP contribution is -2.14. The number of fused-ring (bicyclic) bond motifs is 14. The molecule has 310 valence electrons. The van der Waals surface area contributed by atoms with Crippen molar-refractivity contribution in [1.29, 1.82) is 0 Å². The van der Waals surface area contributed by atoms with Crippen LogP contribution in [-0.2, 0) is 10.8 Å². The molecule has 4 heterocycles. The van der Waals surface area contributed by atoms with Crippen LogP contribution in [-0.4, -0.2) is 19.1 Å². The number of pyridine rings is 2. The van der Waals surface area contributed by atoms with Crippen LogP contribution in [0.25, 0.3) is 99.0 Å². The van der Waals surface area contributed by atoms with Crippen LogP contribution in [0.2, 0.25) is 0 Å². The van der Waals surface area contributed by atoms with Crippen molar-refractivity contribution in [3.05, 3.63) is 216 Å². The van der Waals surface area contributed by atoms with Gasteiger partial charge >= 0.3 is 0 Å². The van der Waals surface area contributed by atoms with Gasteiger partial charge in [-0.3, -0.25) is 9.97 Å². The van der Waals surface area contributed by atoms with Gasteiger partial charge in [0.15, 0.2) is 0 Å². The topological polar surface area (TPSA) is 35.6 Å². The molecule has 0 saturated carbocycles. The molecule has 4 nitrogen and oxygen atoms in total. The zero-order valence-electron chi connectivity index (χ0n) is 42.2. The van der Waals surface area contributed by atoms with E-state index in [9.17, 15) is 0 Å². The van der Waals surface area contributed by atoms with Gasteiger partial charge < -0.3 is 9.13 Å². The summed E-state index contributed by atoms with van der Waals surface area (Å²) in [6.07, 6.45) is 3.69. The van der Waals surface area contributed by atoms with Crippen LogP contribution in [0.4, 0.5) is 0 Å². The third kappa shape index (κ3) is 5.37. The van der Waals surface area contributed by atoms with Crippen molar-refractivity contribution in [3.8, 4) is 33.6 Å². The Hall–Kier alpha value is -7.82. The van der Waals surface area contributed by atoms with Crippen LogP contribution in [0.15, 0.2) is 188 Å². The van der Waals surface area contributed by atoms with Crippen molar-refractivity contribution in [2.24, 2.45) is 0 Å². The van der Waals surface area contributed by atoms with Crippen molar-refractivity contribution >= 4 is 65.4 Å². The maximum absolute atomic E-state index is 8.53. The maximum Gasteiger partial charge on any atom is 0.0963 e. The molecule has 14 rings (SSSR count). The summed E-state index contributed by atoms with van der Waals surface area (Å²) in [5.41, 5.74) is 14.2. The molecule has 0 spiro atoms. The zero-order valence-corrected chi connectivity index (χ0v) is 36.2. The lowest BCUT2D eigenvalue weighted by Gasteiger charge is -2.21. The summed E-state index contributed by atoms with van der Waals surface area (Å²) in [6, 6.07) is 60.2. The molecule has 0 fully saturated rings. The fourth-order valence-corrected chi connectivity index (χ4v) is 11.0. The third-order valence-electron chi connectivity index (χ3n) is 14.1. The predicted molar refractivity (Wildman–Crippen MR) is 272 cm³/mol. The molecule has 65 heavy (non-hydrogen) atoms. The third-order valence-corrected chi connectivity index (χ3v) is 14.1. The van der Waals surface area contributed by atoms with Gasteiger partial charge in [0.1, 0.15) is 0 Å². The van der Waals surface area contributed by atoms with E-state index in [4.69, 9.17) is 18.2 Å². The van der Waals surface area contributed by atoms with Gasteiger partial charge in [0.25, 0.3) is 0 Å². The van der Waals surface area contributed by atoms with Crippen LogP contribution >= 0.6 is 0 Å². The highest BCUT2D eigenvalue weighted by molar-refractivity contribution is 6.12. The molecule has 0 N–H and O–H groups in total. The summed E-state index contributed by atoms with van der Waals surface area (Å²) in [6.45, 7) is 1.39. The number of nitrogens with zero attached hydrogens (tertiary/aromatic N) is 4. The molecule has 2 atom stereocenters. The molecule has 0 aliphatic heterocycles. The van der Waals surface area contributed by atoms with Crippen molar-refractivity contribution in [2.75, 3.05) is 0 Å². The summed E-state index contributed by atoms with van der Waals surface area (Å²) < 4.78 is 55.6. The fourth-order valence-electron chi connectivity index (χ4n) is 11.0. The second-order valence-electron chi connectivity index (χ2n) is 18.1. The SMILES string of the molecule is [2H]C([2H])([2H])C1(C)c2ccccc2-c2cc3c(cc21)c1ncc(C)cc1n3-c1cccc2ccccc12.[2H]C([2H])([2H])C1(C)c2ccccc2-c2cc3c(cc21)c1ncccc1n3-c1ccc2ccccc2c1. The quantitative estimate of drug-likeness (QED) is 0.174. The van der Waals surface area contributed by atoms with E-state index in [2.05, 4.69) is 137 Å². The van der Waals surface area contributed by atoms with E-state index in [1.807, 2.05) is 74.6 Å². The normalized spacial score (nSPS) is 18.9. The van der Waals surface area contributed by atoms with Gasteiger partial charge in [-0.25, -0.2) is 0 Å². The molecule has 2 unspecified atom stereocenters. The van der Waals surface area contributed by atoms with Crippen molar-refractivity contribution in [1.82, 2.24) is 19.1 Å². The highest BCUT2D eigenvalue weighted by atomic mass is 15.0. The molecule has 12 aromatic rings. The van der Waals surface area contributed by atoms with Crippen LogP contribution < -0.4 is 0 Å². The minimum atomic E-state index is -2.19. The lowest BCUT2D eigenvalue weighted by atomic mass is 9.82. The van der Waals surface area contributed by atoms with E-state index >= 15 is 0 Å². The maximum atomic E-state index is 8.53. The smallest absolute Gasteiger partial charge is 0.0963 e. The molecule has 0 bridgehead atoms. The summed E-state index contributed by atoms with van der Waals surface area (Å²) in [5.74, 6) is 0. The summed E-state index contributed by atoms with van der Waals surface area (Å²) >= 11 is 0. The van der Waals surface area contributed by atoms with E-state index < -0.39 is 24.5 Å². The molecule has 4 heteroatoms.